The van der Waals surface area contributed by atoms with E-state index < -0.39 is 30.9 Å². The summed E-state index contributed by atoms with van der Waals surface area (Å²) >= 11 is 0. The molecule has 172 valence electrons. The summed E-state index contributed by atoms with van der Waals surface area (Å²) in [4.78, 5) is 2.81. The van der Waals surface area contributed by atoms with E-state index in [2.05, 4.69) is 4.90 Å². The fourth-order valence-corrected chi connectivity index (χ4v) is 9.14. The lowest BCUT2D eigenvalue weighted by Gasteiger charge is -2.28. The number of benzene rings is 2. The first-order valence-electron chi connectivity index (χ1n) is 10.8. The summed E-state index contributed by atoms with van der Waals surface area (Å²) in [6, 6.07) is 13.9. The van der Waals surface area contributed by atoms with Crippen molar-refractivity contribution in [3.05, 3.63) is 59.7 Å². The minimum Gasteiger partial charge on any atom is -0.305 e. The molecule has 0 atom stereocenters. The molecule has 3 aliphatic rings. The summed E-state index contributed by atoms with van der Waals surface area (Å²) in [5, 5.41) is 0. The van der Waals surface area contributed by atoms with Gasteiger partial charge in [0.05, 0.1) is 9.79 Å². The van der Waals surface area contributed by atoms with Crippen LogP contribution in [-0.4, -0.2) is 76.7 Å². The Hall–Kier alpha value is -1.78. The molecule has 0 unspecified atom stereocenters. The summed E-state index contributed by atoms with van der Waals surface area (Å²) in [7, 11) is -5.23. The second-order valence-corrected chi connectivity index (χ2v) is 13.8. The van der Waals surface area contributed by atoms with Crippen molar-refractivity contribution < 1.29 is 16.8 Å². The zero-order chi connectivity index (χ0) is 22.9. The fraction of sp³-hybridized carbons (Fsp3) is 0.478. The normalized spacial score (nSPS) is 29.3. The van der Waals surface area contributed by atoms with Crippen LogP contribution in [0.3, 0.4) is 0 Å². The lowest BCUT2D eigenvalue weighted by Crippen LogP contribution is -2.43. The topological polar surface area (TPSA) is 78.0 Å². The number of hydrogen-bond acceptors (Lipinski definition) is 5. The smallest absolute Gasteiger partial charge is 0.243 e. The van der Waals surface area contributed by atoms with Crippen molar-refractivity contribution in [1.82, 2.24) is 13.5 Å². The molecule has 0 N–H and O–H groups in total. The number of hydrogen-bond donors (Lipinski definition) is 0. The van der Waals surface area contributed by atoms with Crippen molar-refractivity contribution in [3.8, 4) is 0 Å². The van der Waals surface area contributed by atoms with Gasteiger partial charge in [0.15, 0.2) is 0 Å². The van der Waals surface area contributed by atoms with Crippen LogP contribution in [0.2, 0.25) is 0 Å². The van der Waals surface area contributed by atoms with Crippen LogP contribution in [-0.2, 0) is 20.0 Å². The zero-order valence-electron chi connectivity index (χ0n) is 18.7. The van der Waals surface area contributed by atoms with Crippen molar-refractivity contribution >= 4 is 20.0 Å². The van der Waals surface area contributed by atoms with Gasteiger partial charge in [-0.05, 0) is 45.2 Å². The molecule has 3 aliphatic heterocycles. The van der Waals surface area contributed by atoms with E-state index in [0.717, 1.165) is 11.1 Å². The summed E-state index contributed by atoms with van der Waals surface area (Å²) in [5.74, 6) is 0. The van der Waals surface area contributed by atoms with Crippen LogP contribution in [0.5, 0.6) is 0 Å². The van der Waals surface area contributed by atoms with Crippen LogP contribution in [0.1, 0.15) is 11.1 Å². The van der Waals surface area contributed by atoms with Crippen molar-refractivity contribution in [2.75, 3.05) is 46.3 Å². The first-order valence-corrected chi connectivity index (χ1v) is 13.7. The third-order valence-electron chi connectivity index (χ3n) is 7.50. The monoisotopic (exact) mass is 475 g/mol. The van der Waals surface area contributed by atoms with E-state index in [9.17, 15) is 16.8 Å². The maximum absolute atomic E-state index is 13.4. The highest BCUT2D eigenvalue weighted by Gasteiger charge is 2.69. The van der Waals surface area contributed by atoms with E-state index in [1.807, 2.05) is 45.2 Å². The van der Waals surface area contributed by atoms with Gasteiger partial charge in [0.25, 0.3) is 0 Å². The molecular weight excluding hydrogens is 446 g/mol. The third kappa shape index (κ3) is 3.17. The Bertz CT molecular complexity index is 1140. The number of rotatable bonds is 4. The first kappa shape index (κ1) is 22.0. The summed E-state index contributed by atoms with van der Waals surface area (Å²) < 4.78 is 56.7. The highest BCUT2D eigenvalue weighted by molar-refractivity contribution is 7.89. The number of sulfonamides is 2. The minimum absolute atomic E-state index is 0.298. The molecule has 0 aromatic heterocycles. The molecule has 0 aliphatic carbocycles. The van der Waals surface area contributed by atoms with E-state index in [0.29, 0.717) is 49.1 Å². The largest absolute Gasteiger partial charge is 0.305 e. The summed E-state index contributed by atoms with van der Waals surface area (Å²) in [5.41, 5.74) is 1.21. The van der Waals surface area contributed by atoms with E-state index in [-0.39, 0.29) is 0 Å². The van der Waals surface area contributed by atoms with Crippen LogP contribution < -0.4 is 0 Å². The molecular formula is C23H29N3O4S2. The Morgan fingerprint density at radius 3 is 1.22 bits per heavy atom. The molecule has 0 amide bonds. The van der Waals surface area contributed by atoms with Gasteiger partial charge < -0.3 is 4.90 Å². The molecule has 3 saturated heterocycles. The molecule has 3 heterocycles. The van der Waals surface area contributed by atoms with Crippen molar-refractivity contribution in [2.45, 2.75) is 23.6 Å². The van der Waals surface area contributed by atoms with Gasteiger partial charge in [-0.15, -0.1) is 0 Å². The Morgan fingerprint density at radius 1 is 0.594 bits per heavy atom. The molecule has 0 radical (unpaired) electrons. The lowest BCUT2D eigenvalue weighted by molar-refractivity contribution is 0.241. The quantitative estimate of drug-likeness (QED) is 0.675. The molecule has 32 heavy (non-hydrogen) atoms. The minimum atomic E-state index is -3.63. The molecule has 0 bridgehead atoms. The predicted molar refractivity (Wildman–Crippen MR) is 122 cm³/mol. The maximum atomic E-state index is 13.4. The third-order valence-corrected chi connectivity index (χ3v) is 11.1. The average molecular weight is 476 g/mol. The fourth-order valence-electron chi connectivity index (χ4n) is 5.92. The van der Waals surface area contributed by atoms with E-state index in [4.69, 9.17) is 0 Å². The SMILES string of the molecule is Cc1ccc(S(=O)(=O)N2CC34CN(C)CC3(C2)CN(S(=O)(=O)c2ccc(C)cc2)C4)cc1. The van der Waals surface area contributed by atoms with Crippen LogP contribution >= 0.6 is 0 Å². The predicted octanol–water partition coefficient (Wildman–Crippen LogP) is 1.93. The molecule has 9 heteroatoms. The van der Waals surface area contributed by atoms with Gasteiger partial charge in [-0.2, -0.15) is 8.61 Å². The molecule has 2 aromatic rings. The van der Waals surface area contributed by atoms with Crippen LogP contribution in [0.25, 0.3) is 0 Å². The molecule has 0 spiro atoms. The number of nitrogens with zero attached hydrogens (tertiary/aromatic N) is 3. The Labute approximate surface area is 190 Å². The second kappa shape index (κ2) is 7.11. The Kier molecular flexibility index (Phi) is 4.89. The van der Waals surface area contributed by atoms with Gasteiger partial charge in [-0.3, -0.25) is 0 Å². The van der Waals surface area contributed by atoms with Crippen molar-refractivity contribution in [1.29, 1.82) is 0 Å². The highest BCUT2D eigenvalue weighted by Crippen LogP contribution is 2.58. The van der Waals surface area contributed by atoms with Crippen LogP contribution in [0.15, 0.2) is 58.3 Å². The van der Waals surface area contributed by atoms with Crippen LogP contribution in [0.4, 0.5) is 0 Å². The highest BCUT2D eigenvalue weighted by atomic mass is 32.2. The Balaban J connectivity index is 1.47. The molecule has 3 fully saturated rings. The lowest BCUT2D eigenvalue weighted by atomic mass is 9.71. The first-order chi connectivity index (χ1) is 15.0. The average Bonchev–Trinajstić information content (AvgIpc) is 3.26. The van der Waals surface area contributed by atoms with E-state index in [1.54, 1.807) is 32.9 Å². The molecule has 2 aromatic carbocycles. The second-order valence-electron chi connectivity index (χ2n) is 9.91. The standard InChI is InChI=1S/C23H29N3O4S2/c1-18-4-8-20(9-5-18)31(27,28)25-14-22-12-24(3)13-23(22,15-25)17-26(16-22)32(29,30)21-10-6-19(2)7-11-21/h4-11H,12-17H2,1-3H3. The van der Waals surface area contributed by atoms with Gasteiger partial charge in [0, 0.05) is 50.1 Å². The molecule has 5 rings (SSSR count). The summed E-state index contributed by atoms with van der Waals surface area (Å²) in [6.45, 7) is 6.59. The van der Waals surface area contributed by atoms with E-state index in [1.165, 1.54) is 0 Å². The van der Waals surface area contributed by atoms with E-state index >= 15 is 0 Å². The van der Waals surface area contributed by atoms with Crippen molar-refractivity contribution in [2.24, 2.45) is 10.8 Å². The van der Waals surface area contributed by atoms with Gasteiger partial charge >= 0.3 is 0 Å². The van der Waals surface area contributed by atoms with Gasteiger partial charge in [0.2, 0.25) is 20.0 Å². The molecule has 7 nitrogen and oxygen atoms in total. The van der Waals surface area contributed by atoms with Crippen molar-refractivity contribution in [3.63, 3.8) is 0 Å². The van der Waals surface area contributed by atoms with Gasteiger partial charge in [-0.25, -0.2) is 16.8 Å². The van der Waals surface area contributed by atoms with Gasteiger partial charge in [0.1, 0.15) is 0 Å². The summed E-state index contributed by atoms with van der Waals surface area (Å²) in [6.07, 6.45) is 0. The van der Waals surface area contributed by atoms with Gasteiger partial charge in [-0.1, -0.05) is 35.4 Å². The maximum Gasteiger partial charge on any atom is 0.243 e. The number of aryl methyl sites for hydroxylation is 2. The Morgan fingerprint density at radius 2 is 0.906 bits per heavy atom. The molecule has 0 saturated carbocycles. The number of likely N-dealkylation sites (tertiary alicyclic amines) is 1. The zero-order valence-corrected chi connectivity index (χ0v) is 20.3. The van der Waals surface area contributed by atoms with Crippen LogP contribution in [0, 0.1) is 24.7 Å².